The standard InChI is InChI=1S/C14H11N5/c1-2-9-12(7-8-17-13(9)15)19-11-6-4-3-5-10(11)14(16)18-19/h1,3-8H,(H2,15,17)(H2,16,18). The van der Waals surface area contributed by atoms with Crippen molar-refractivity contribution < 1.29 is 0 Å². The van der Waals surface area contributed by atoms with Gasteiger partial charge >= 0.3 is 0 Å². The van der Waals surface area contributed by atoms with Crippen molar-refractivity contribution in [1.82, 2.24) is 14.8 Å². The summed E-state index contributed by atoms with van der Waals surface area (Å²) in [6.07, 6.45) is 7.09. The zero-order chi connectivity index (χ0) is 13.4. The van der Waals surface area contributed by atoms with Crippen LogP contribution in [0.25, 0.3) is 16.6 Å². The Labute approximate surface area is 109 Å². The van der Waals surface area contributed by atoms with E-state index in [4.69, 9.17) is 17.9 Å². The molecule has 2 aromatic heterocycles. The van der Waals surface area contributed by atoms with E-state index in [-0.39, 0.29) is 0 Å². The molecule has 2 heterocycles. The van der Waals surface area contributed by atoms with Gasteiger partial charge in [-0.3, -0.25) is 0 Å². The molecule has 0 spiro atoms. The van der Waals surface area contributed by atoms with Gasteiger partial charge in [0.25, 0.3) is 0 Å². The first-order chi connectivity index (χ1) is 9.22. The third-order valence-corrected chi connectivity index (χ3v) is 2.95. The van der Waals surface area contributed by atoms with Crippen molar-refractivity contribution in [3.63, 3.8) is 0 Å². The van der Waals surface area contributed by atoms with Crippen molar-refractivity contribution >= 4 is 22.5 Å². The topological polar surface area (TPSA) is 82.8 Å². The minimum atomic E-state index is 0.304. The van der Waals surface area contributed by atoms with Crippen molar-refractivity contribution in [1.29, 1.82) is 0 Å². The Hall–Kier alpha value is -3.00. The molecule has 0 fully saturated rings. The molecule has 0 aliphatic carbocycles. The first-order valence-electron chi connectivity index (χ1n) is 5.67. The summed E-state index contributed by atoms with van der Waals surface area (Å²) >= 11 is 0. The Bertz CT molecular complexity index is 810. The molecule has 0 aliphatic heterocycles. The number of hydrogen-bond acceptors (Lipinski definition) is 4. The van der Waals surface area contributed by atoms with E-state index in [1.165, 1.54) is 0 Å². The van der Waals surface area contributed by atoms with Crippen LogP contribution in [0, 0.1) is 12.3 Å². The molecular formula is C14H11N5. The van der Waals surface area contributed by atoms with Crippen LogP contribution in [0.4, 0.5) is 11.6 Å². The van der Waals surface area contributed by atoms with Gasteiger partial charge in [-0.05, 0) is 18.2 Å². The number of aromatic nitrogens is 3. The molecule has 5 heteroatoms. The first kappa shape index (κ1) is 11.1. The molecule has 0 radical (unpaired) electrons. The summed E-state index contributed by atoms with van der Waals surface area (Å²) in [5.74, 6) is 3.30. The minimum Gasteiger partial charge on any atom is -0.383 e. The second kappa shape index (κ2) is 4.03. The fraction of sp³-hybridized carbons (Fsp3) is 0. The number of nitrogens with zero attached hydrogens (tertiary/aromatic N) is 3. The van der Waals surface area contributed by atoms with Crippen LogP contribution < -0.4 is 11.5 Å². The van der Waals surface area contributed by atoms with E-state index in [9.17, 15) is 0 Å². The second-order valence-electron chi connectivity index (χ2n) is 4.05. The zero-order valence-corrected chi connectivity index (χ0v) is 10.0. The van der Waals surface area contributed by atoms with E-state index in [1.807, 2.05) is 24.3 Å². The molecule has 0 atom stereocenters. The zero-order valence-electron chi connectivity index (χ0n) is 10.0. The number of pyridine rings is 1. The highest BCUT2D eigenvalue weighted by atomic mass is 15.3. The van der Waals surface area contributed by atoms with E-state index in [2.05, 4.69) is 16.0 Å². The van der Waals surface area contributed by atoms with E-state index in [0.29, 0.717) is 22.9 Å². The van der Waals surface area contributed by atoms with Crippen molar-refractivity contribution in [2.45, 2.75) is 0 Å². The van der Waals surface area contributed by atoms with E-state index in [1.54, 1.807) is 16.9 Å². The number of rotatable bonds is 1. The van der Waals surface area contributed by atoms with Gasteiger partial charge in [0.05, 0.1) is 16.8 Å². The molecular weight excluding hydrogens is 238 g/mol. The predicted molar refractivity (Wildman–Crippen MR) is 75.6 cm³/mol. The van der Waals surface area contributed by atoms with E-state index in [0.717, 1.165) is 10.9 Å². The summed E-state index contributed by atoms with van der Waals surface area (Å²) in [6, 6.07) is 9.43. The number of terminal acetylenes is 1. The number of para-hydroxylation sites is 1. The van der Waals surface area contributed by atoms with Crippen LogP contribution in [0.15, 0.2) is 36.5 Å². The summed E-state index contributed by atoms with van der Waals surface area (Å²) in [5, 5.41) is 5.20. The van der Waals surface area contributed by atoms with Crippen molar-refractivity contribution in [3.05, 3.63) is 42.1 Å². The second-order valence-corrected chi connectivity index (χ2v) is 4.05. The van der Waals surface area contributed by atoms with Crippen LogP contribution in [-0.2, 0) is 0 Å². The van der Waals surface area contributed by atoms with Crippen molar-refractivity contribution in [2.75, 3.05) is 11.5 Å². The average molecular weight is 249 g/mol. The first-order valence-corrected chi connectivity index (χ1v) is 5.67. The van der Waals surface area contributed by atoms with Crippen LogP contribution in [0.1, 0.15) is 5.56 Å². The summed E-state index contributed by atoms with van der Waals surface area (Å²) in [5.41, 5.74) is 13.8. The fourth-order valence-electron chi connectivity index (χ4n) is 2.07. The van der Waals surface area contributed by atoms with Gasteiger partial charge in [-0.1, -0.05) is 18.1 Å². The number of benzene rings is 1. The largest absolute Gasteiger partial charge is 0.383 e. The maximum Gasteiger partial charge on any atom is 0.153 e. The summed E-state index contributed by atoms with van der Waals surface area (Å²) in [4.78, 5) is 3.99. The lowest BCUT2D eigenvalue weighted by Gasteiger charge is -2.07. The van der Waals surface area contributed by atoms with Crippen molar-refractivity contribution in [3.8, 4) is 18.0 Å². The molecule has 0 aliphatic rings. The van der Waals surface area contributed by atoms with E-state index < -0.39 is 0 Å². The third-order valence-electron chi connectivity index (χ3n) is 2.95. The van der Waals surface area contributed by atoms with Gasteiger partial charge in [-0.2, -0.15) is 0 Å². The van der Waals surface area contributed by atoms with Crippen LogP contribution in [-0.4, -0.2) is 14.8 Å². The molecule has 1 aromatic carbocycles. The maximum absolute atomic E-state index is 5.91. The highest BCUT2D eigenvalue weighted by Crippen LogP contribution is 2.26. The molecule has 5 nitrogen and oxygen atoms in total. The number of hydrogen-bond donors (Lipinski definition) is 2. The van der Waals surface area contributed by atoms with Gasteiger partial charge in [-0.15, -0.1) is 11.5 Å². The molecule has 0 unspecified atom stereocenters. The Morgan fingerprint density at radius 1 is 1.11 bits per heavy atom. The molecule has 0 bridgehead atoms. The summed E-state index contributed by atoms with van der Waals surface area (Å²) in [6.45, 7) is 0. The van der Waals surface area contributed by atoms with Crippen LogP contribution in [0.2, 0.25) is 0 Å². The fourth-order valence-corrected chi connectivity index (χ4v) is 2.07. The van der Waals surface area contributed by atoms with Gasteiger partial charge < -0.3 is 11.5 Å². The lowest BCUT2D eigenvalue weighted by atomic mass is 10.2. The smallest absolute Gasteiger partial charge is 0.153 e. The summed E-state index contributed by atoms with van der Waals surface area (Å²) in [7, 11) is 0. The minimum absolute atomic E-state index is 0.304. The molecule has 3 aromatic rings. The van der Waals surface area contributed by atoms with Gasteiger partial charge in [0, 0.05) is 11.6 Å². The monoisotopic (exact) mass is 249 g/mol. The number of anilines is 2. The lowest BCUT2D eigenvalue weighted by Crippen LogP contribution is -2.04. The van der Waals surface area contributed by atoms with Crippen molar-refractivity contribution in [2.24, 2.45) is 0 Å². The lowest BCUT2D eigenvalue weighted by molar-refractivity contribution is 0.911. The predicted octanol–water partition coefficient (Wildman–Crippen LogP) is 1.57. The Balaban J connectivity index is 2.38. The third kappa shape index (κ3) is 1.58. The number of nitrogen functional groups attached to an aromatic ring is 2. The maximum atomic E-state index is 5.91. The molecule has 0 saturated heterocycles. The van der Waals surface area contributed by atoms with Gasteiger partial charge in [-0.25, -0.2) is 9.67 Å². The molecule has 4 N–H and O–H groups in total. The highest BCUT2D eigenvalue weighted by molar-refractivity contribution is 5.90. The molecule has 92 valence electrons. The number of fused-ring (bicyclic) bond motifs is 1. The highest BCUT2D eigenvalue weighted by Gasteiger charge is 2.13. The van der Waals surface area contributed by atoms with Gasteiger partial charge in [0.2, 0.25) is 0 Å². The Morgan fingerprint density at radius 2 is 1.89 bits per heavy atom. The van der Waals surface area contributed by atoms with Gasteiger partial charge in [0.15, 0.2) is 5.82 Å². The molecule has 19 heavy (non-hydrogen) atoms. The van der Waals surface area contributed by atoms with Crippen LogP contribution in [0.3, 0.4) is 0 Å². The molecule has 3 rings (SSSR count). The Morgan fingerprint density at radius 3 is 2.68 bits per heavy atom. The van der Waals surface area contributed by atoms with Crippen LogP contribution in [0.5, 0.6) is 0 Å². The molecule has 0 saturated carbocycles. The summed E-state index contributed by atoms with van der Waals surface area (Å²) < 4.78 is 1.69. The quantitative estimate of drug-likeness (QED) is 0.641. The van der Waals surface area contributed by atoms with E-state index >= 15 is 0 Å². The van der Waals surface area contributed by atoms with Crippen LogP contribution >= 0.6 is 0 Å². The average Bonchev–Trinajstić information content (AvgIpc) is 2.76. The Kier molecular flexibility index (Phi) is 2.36. The number of nitrogens with two attached hydrogens (primary N) is 2. The molecule has 0 amide bonds. The normalized spacial score (nSPS) is 10.5. The van der Waals surface area contributed by atoms with Gasteiger partial charge in [0.1, 0.15) is 5.82 Å². The SMILES string of the molecule is C#Cc1c(-n2nc(N)c3ccccc32)ccnc1N.